The highest BCUT2D eigenvalue weighted by Crippen LogP contribution is 2.34. The Morgan fingerprint density at radius 2 is 1.95 bits per heavy atom. The lowest BCUT2D eigenvalue weighted by Crippen LogP contribution is -2.06. The molecule has 0 bridgehead atoms. The third-order valence-electron chi connectivity index (χ3n) is 2.75. The molecule has 0 fully saturated rings. The van der Waals surface area contributed by atoms with Crippen molar-refractivity contribution in [3.8, 4) is 0 Å². The van der Waals surface area contributed by atoms with E-state index < -0.39 is 0 Å². The molecular weight excluding hydrogens is 320 g/mol. The van der Waals surface area contributed by atoms with Crippen molar-refractivity contribution in [2.24, 2.45) is 5.73 Å². The molecule has 0 spiro atoms. The maximum atomic E-state index is 6.03. The summed E-state index contributed by atoms with van der Waals surface area (Å²) in [5, 5.41) is 1.01. The van der Waals surface area contributed by atoms with E-state index in [9.17, 15) is 0 Å². The van der Waals surface area contributed by atoms with Crippen molar-refractivity contribution in [3.05, 3.63) is 51.6 Å². The smallest absolute Gasteiger partial charge is 0.101 e. The number of nitrogens with two attached hydrogens (primary N) is 1. The fraction of sp³-hybridized carbons (Fsp3) is 0.267. The van der Waals surface area contributed by atoms with Gasteiger partial charge in [-0.25, -0.2) is 4.98 Å². The summed E-state index contributed by atoms with van der Waals surface area (Å²) in [4.78, 5) is 5.72. The number of aromatic nitrogens is 1. The first-order valence-corrected chi connectivity index (χ1v) is 7.75. The first-order valence-electron chi connectivity index (χ1n) is 6.14. The Hall–Kier alpha value is -0.840. The van der Waals surface area contributed by atoms with Crippen molar-refractivity contribution in [1.29, 1.82) is 0 Å². The average molecular weight is 337 g/mol. The van der Waals surface area contributed by atoms with Crippen LogP contribution >= 0.6 is 27.7 Å². The molecule has 1 aromatic carbocycles. The van der Waals surface area contributed by atoms with Gasteiger partial charge in [-0.3, -0.25) is 0 Å². The summed E-state index contributed by atoms with van der Waals surface area (Å²) >= 11 is 5.18. The van der Waals surface area contributed by atoms with Crippen LogP contribution in [0, 0.1) is 13.8 Å². The minimum Gasteiger partial charge on any atom is -0.324 e. The molecule has 2 aromatic rings. The normalized spacial score (nSPS) is 12.5. The van der Waals surface area contributed by atoms with Crippen LogP contribution in [-0.2, 0) is 0 Å². The Morgan fingerprint density at radius 3 is 2.58 bits per heavy atom. The number of benzene rings is 1. The maximum Gasteiger partial charge on any atom is 0.101 e. The van der Waals surface area contributed by atoms with Gasteiger partial charge in [0.25, 0.3) is 0 Å². The molecule has 2 N–H and O–H groups in total. The van der Waals surface area contributed by atoms with E-state index in [4.69, 9.17) is 5.73 Å². The van der Waals surface area contributed by atoms with Crippen molar-refractivity contribution >= 4 is 27.7 Å². The van der Waals surface area contributed by atoms with Crippen molar-refractivity contribution in [2.75, 3.05) is 0 Å². The number of pyridine rings is 1. The minimum absolute atomic E-state index is 0.0153. The number of nitrogens with zero attached hydrogens (tertiary/aromatic N) is 1. The molecule has 0 aliphatic heterocycles. The van der Waals surface area contributed by atoms with Gasteiger partial charge in [-0.05, 0) is 56.2 Å². The van der Waals surface area contributed by atoms with Gasteiger partial charge in [0.1, 0.15) is 5.03 Å². The van der Waals surface area contributed by atoms with Crippen LogP contribution in [0.2, 0.25) is 0 Å². The van der Waals surface area contributed by atoms with E-state index in [1.54, 1.807) is 11.8 Å². The van der Waals surface area contributed by atoms with E-state index >= 15 is 0 Å². The van der Waals surface area contributed by atoms with Gasteiger partial charge in [-0.15, -0.1) is 0 Å². The summed E-state index contributed by atoms with van der Waals surface area (Å²) in [5.41, 5.74) is 9.45. The number of aryl methyl sites for hydroxylation is 2. The highest BCUT2D eigenvalue weighted by atomic mass is 79.9. The van der Waals surface area contributed by atoms with E-state index in [0.717, 1.165) is 25.7 Å². The molecule has 0 saturated carbocycles. The van der Waals surface area contributed by atoms with Crippen LogP contribution in [0.3, 0.4) is 0 Å². The van der Waals surface area contributed by atoms with Crippen LogP contribution in [0.5, 0.6) is 0 Å². The van der Waals surface area contributed by atoms with Gasteiger partial charge < -0.3 is 5.73 Å². The molecule has 2 rings (SSSR count). The number of halogens is 1. The highest BCUT2D eigenvalue weighted by Gasteiger charge is 2.10. The third-order valence-corrected chi connectivity index (χ3v) is 4.24. The van der Waals surface area contributed by atoms with E-state index in [1.807, 2.05) is 19.9 Å². The summed E-state index contributed by atoms with van der Waals surface area (Å²) in [6, 6.07) is 10.4. The molecule has 0 aliphatic rings. The van der Waals surface area contributed by atoms with Gasteiger partial charge >= 0.3 is 0 Å². The van der Waals surface area contributed by atoms with Gasteiger partial charge in [0.05, 0.1) is 0 Å². The van der Waals surface area contributed by atoms with E-state index in [1.165, 1.54) is 5.56 Å². The fourth-order valence-corrected chi connectivity index (χ4v) is 3.67. The van der Waals surface area contributed by atoms with Gasteiger partial charge in [0, 0.05) is 21.1 Å². The first kappa shape index (κ1) is 14.6. The zero-order valence-electron chi connectivity index (χ0n) is 11.3. The Labute approximate surface area is 126 Å². The Balaban J connectivity index is 2.39. The second-order valence-corrected chi connectivity index (χ2v) is 6.67. The van der Waals surface area contributed by atoms with E-state index in [2.05, 4.69) is 52.1 Å². The lowest BCUT2D eigenvalue weighted by molar-refractivity contribution is 0.796. The molecule has 1 unspecified atom stereocenters. The van der Waals surface area contributed by atoms with Crippen LogP contribution in [-0.4, -0.2) is 4.98 Å². The second kappa shape index (κ2) is 6.07. The van der Waals surface area contributed by atoms with Crippen LogP contribution in [0.1, 0.15) is 29.8 Å². The molecule has 0 amide bonds. The van der Waals surface area contributed by atoms with Gasteiger partial charge in [-0.1, -0.05) is 33.8 Å². The quantitative estimate of drug-likeness (QED) is 0.887. The molecule has 1 atom stereocenters. The lowest BCUT2D eigenvalue weighted by atomic mass is 10.1. The Bertz CT molecular complexity index is 576. The number of hydrogen-bond acceptors (Lipinski definition) is 3. The van der Waals surface area contributed by atoms with Crippen molar-refractivity contribution in [2.45, 2.75) is 36.7 Å². The summed E-state index contributed by atoms with van der Waals surface area (Å²) in [6.45, 7) is 6.11. The maximum absolute atomic E-state index is 6.03. The highest BCUT2D eigenvalue weighted by molar-refractivity contribution is 9.10. The molecule has 4 heteroatoms. The van der Waals surface area contributed by atoms with Crippen LogP contribution in [0.25, 0.3) is 0 Å². The average Bonchev–Trinajstić information content (AvgIpc) is 2.26. The van der Waals surface area contributed by atoms with Crippen LogP contribution < -0.4 is 5.73 Å². The Kier molecular flexibility index (Phi) is 4.66. The molecule has 2 nitrogen and oxygen atoms in total. The summed E-state index contributed by atoms with van der Waals surface area (Å²) in [7, 11) is 0. The molecular formula is C15H17BrN2S. The zero-order valence-corrected chi connectivity index (χ0v) is 13.7. The Morgan fingerprint density at radius 1 is 1.21 bits per heavy atom. The zero-order chi connectivity index (χ0) is 14.0. The number of rotatable bonds is 3. The molecule has 1 heterocycles. The van der Waals surface area contributed by atoms with Crippen molar-refractivity contribution in [1.82, 2.24) is 4.98 Å². The fourth-order valence-electron chi connectivity index (χ4n) is 1.94. The molecule has 19 heavy (non-hydrogen) atoms. The first-order chi connectivity index (χ1) is 8.95. The molecule has 100 valence electrons. The van der Waals surface area contributed by atoms with Crippen LogP contribution in [0.15, 0.2) is 44.7 Å². The molecule has 1 aromatic heterocycles. The largest absolute Gasteiger partial charge is 0.324 e. The predicted octanol–water partition coefficient (Wildman–Crippen LogP) is 4.63. The summed E-state index contributed by atoms with van der Waals surface area (Å²) < 4.78 is 1.06. The SMILES string of the molecule is Cc1cc(C)nc(Sc2cc(Br)ccc2C(C)N)c1. The topological polar surface area (TPSA) is 38.9 Å². The third kappa shape index (κ3) is 3.81. The second-order valence-electron chi connectivity index (χ2n) is 4.70. The van der Waals surface area contributed by atoms with Crippen molar-refractivity contribution < 1.29 is 0 Å². The summed E-state index contributed by atoms with van der Waals surface area (Å²) in [5.74, 6) is 0. The number of hydrogen-bond donors (Lipinski definition) is 1. The monoisotopic (exact) mass is 336 g/mol. The minimum atomic E-state index is 0.0153. The predicted molar refractivity (Wildman–Crippen MR) is 84.6 cm³/mol. The van der Waals surface area contributed by atoms with Gasteiger partial charge in [0.15, 0.2) is 0 Å². The van der Waals surface area contributed by atoms with Crippen LogP contribution in [0.4, 0.5) is 0 Å². The van der Waals surface area contributed by atoms with E-state index in [-0.39, 0.29) is 6.04 Å². The van der Waals surface area contributed by atoms with Gasteiger partial charge in [-0.2, -0.15) is 0 Å². The molecule has 0 saturated heterocycles. The van der Waals surface area contributed by atoms with Gasteiger partial charge in [0.2, 0.25) is 0 Å². The molecule has 0 radical (unpaired) electrons. The standard InChI is InChI=1S/C15H17BrN2S/c1-9-6-10(2)18-15(7-9)19-14-8-12(16)4-5-13(14)11(3)17/h4-8,11H,17H2,1-3H3. The van der Waals surface area contributed by atoms with Crippen molar-refractivity contribution in [3.63, 3.8) is 0 Å². The molecule has 0 aliphatic carbocycles. The summed E-state index contributed by atoms with van der Waals surface area (Å²) in [6.07, 6.45) is 0. The lowest BCUT2D eigenvalue weighted by Gasteiger charge is -2.13. The van der Waals surface area contributed by atoms with E-state index in [0.29, 0.717) is 0 Å².